The molecule has 0 bridgehead atoms. The molecule has 1 heterocycles. The van der Waals surface area contributed by atoms with Crippen LogP contribution in [0, 0.1) is 5.41 Å². The highest BCUT2D eigenvalue weighted by Gasteiger charge is 2.31. The maximum atomic E-state index is 3.72. The van der Waals surface area contributed by atoms with E-state index in [1.165, 1.54) is 22.0 Å². The number of hydrogen-bond donors (Lipinski definition) is 1. The number of hydrogen-bond acceptors (Lipinski definition) is 1. The van der Waals surface area contributed by atoms with Crippen LogP contribution in [0.4, 0.5) is 5.69 Å². The number of benzene rings is 2. The molecule has 1 heteroatoms. The summed E-state index contributed by atoms with van der Waals surface area (Å²) in [5.41, 5.74) is 3.12. The molecule has 1 aliphatic rings. The van der Waals surface area contributed by atoms with Gasteiger partial charge in [0.2, 0.25) is 0 Å². The van der Waals surface area contributed by atoms with Crippen molar-refractivity contribution in [3.8, 4) is 0 Å². The summed E-state index contributed by atoms with van der Waals surface area (Å²) in [7, 11) is 0. The Bertz CT molecular complexity index is 563. The van der Waals surface area contributed by atoms with Crippen LogP contribution < -0.4 is 5.32 Å². The van der Waals surface area contributed by atoms with Crippen molar-refractivity contribution in [3.63, 3.8) is 0 Å². The molecule has 17 heavy (non-hydrogen) atoms. The fourth-order valence-electron chi connectivity index (χ4n) is 2.63. The number of anilines is 1. The lowest BCUT2D eigenvalue weighted by Crippen LogP contribution is -2.31. The second-order valence-electron chi connectivity index (χ2n) is 6.09. The van der Waals surface area contributed by atoms with E-state index in [1.807, 2.05) is 0 Å². The summed E-state index contributed by atoms with van der Waals surface area (Å²) in [6.45, 7) is 6.91. The minimum absolute atomic E-state index is 0.306. The molecular formula is C16H19N. The molecule has 0 saturated carbocycles. The molecule has 0 aliphatic carbocycles. The summed E-state index contributed by atoms with van der Waals surface area (Å²) >= 11 is 0. The molecule has 88 valence electrons. The normalized spacial score (nSPS) is 19.1. The minimum Gasteiger partial charge on any atom is -0.381 e. The van der Waals surface area contributed by atoms with Crippen LogP contribution in [-0.2, 0) is 6.42 Å². The van der Waals surface area contributed by atoms with E-state index in [1.54, 1.807) is 0 Å². The molecule has 3 rings (SSSR count). The van der Waals surface area contributed by atoms with Crippen LogP contribution >= 0.6 is 0 Å². The first-order valence-electron chi connectivity index (χ1n) is 6.33. The molecule has 2 aromatic rings. The lowest BCUT2D eigenvalue weighted by molar-refractivity contribution is 0.347. The summed E-state index contributed by atoms with van der Waals surface area (Å²) in [6.07, 6.45) is 1.14. The van der Waals surface area contributed by atoms with E-state index in [0.717, 1.165) is 6.42 Å². The predicted molar refractivity (Wildman–Crippen MR) is 74.5 cm³/mol. The fourth-order valence-corrected chi connectivity index (χ4v) is 2.63. The third-order valence-corrected chi connectivity index (χ3v) is 3.80. The van der Waals surface area contributed by atoms with Crippen molar-refractivity contribution in [2.24, 2.45) is 5.41 Å². The van der Waals surface area contributed by atoms with E-state index in [0.29, 0.717) is 11.5 Å². The van der Waals surface area contributed by atoms with E-state index < -0.39 is 0 Å². The molecule has 0 saturated heterocycles. The molecule has 1 nitrogen and oxygen atoms in total. The van der Waals surface area contributed by atoms with E-state index in [2.05, 4.69) is 62.5 Å². The van der Waals surface area contributed by atoms with Crippen molar-refractivity contribution in [1.82, 2.24) is 0 Å². The van der Waals surface area contributed by atoms with Gasteiger partial charge in [0.1, 0.15) is 0 Å². The summed E-state index contributed by atoms with van der Waals surface area (Å²) < 4.78 is 0. The van der Waals surface area contributed by atoms with Crippen molar-refractivity contribution in [2.75, 3.05) is 5.32 Å². The van der Waals surface area contributed by atoms with Crippen LogP contribution in [0.1, 0.15) is 26.3 Å². The second-order valence-corrected chi connectivity index (χ2v) is 6.09. The Kier molecular flexibility index (Phi) is 2.19. The quantitative estimate of drug-likeness (QED) is 0.707. The third-order valence-electron chi connectivity index (χ3n) is 3.80. The largest absolute Gasteiger partial charge is 0.381 e. The van der Waals surface area contributed by atoms with Crippen molar-refractivity contribution in [1.29, 1.82) is 0 Å². The predicted octanol–water partition coefficient (Wildman–Crippen LogP) is 4.22. The highest BCUT2D eigenvalue weighted by molar-refractivity contribution is 5.96. The van der Waals surface area contributed by atoms with Gasteiger partial charge in [-0.05, 0) is 22.8 Å². The number of fused-ring (bicyclic) bond motifs is 3. The Balaban J connectivity index is 2.11. The zero-order chi connectivity index (χ0) is 12.0. The van der Waals surface area contributed by atoms with Gasteiger partial charge in [-0.2, -0.15) is 0 Å². The standard InChI is InChI=1S/C16H19N/c1-16(2,3)14-10-12-9-8-11-6-4-5-7-13(11)15(12)17-14/h4-9,14,17H,10H2,1-3H3. The van der Waals surface area contributed by atoms with E-state index in [9.17, 15) is 0 Å². The van der Waals surface area contributed by atoms with Gasteiger partial charge >= 0.3 is 0 Å². The monoisotopic (exact) mass is 225 g/mol. The zero-order valence-electron chi connectivity index (χ0n) is 10.7. The van der Waals surface area contributed by atoms with Crippen LogP contribution in [0.25, 0.3) is 10.8 Å². The lowest BCUT2D eigenvalue weighted by Gasteiger charge is -2.27. The van der Waals surface area contributed by atoms with Crippen LogP contribution in [-0.4, -0.2) is 6.04 Å². The second kappa shape index (κ2) is 3.49. The third kappa shape index (κ3) is 1.70. The van der Waals surface area contributed by atoms with E-state index in [-0.39, 0.29) is 0 Å². The number of nitrogens with one attached hydrogen (secondary N) is 1. The fraction of sp³-hybridized carbons (Fsp3) is 0.375. The van der Waals surface area contributed by atoms with Crippen LogP contribution in [0.5, 0.6) is 0 Å². The molecule has 2 aromatic carbocycles. The molecule has 0 spiro atoms. The Hall–Kier alpha value is -1.50. The summed E-state index contributed by atoms with van der Waals surface area (Å²) in [5.74, 6) is 0. The van der Waals surface area contributed by atoms with E-state index in [4.69, 9.17) is 0 Å². The van der Waals surface area contributed by atoms with Gasteiger partial charge in [0.05, 0.1) is 0 Å². The molecule has 0 radical (unpaired) electrons. The first kappa shape index (κ1) is 10.6. The summed E-state index contributed by atoms with van der Waals surface area (Å²) in [5, 5.41) is 6.40. The summed E-state index contributed by atoms with van der Waals surface area (Å²) in [4.78, 5) is 0. The lowest BCUT2D eigenvalue weighted by atomic mass is 9.85. The van der Waals surface area contributed by atoms with Crippen LogP contribution in [0.15, 0.2) is 36.4 Å². The van der Waals surface area contributed by atoms with Gasteiger partial charge in [0, 0.05) is 17.1 Å². The molecular weight excluding hydrogens is 206 g/mol. The van der Waals surface area contributed by atoms with Gasteiger partial charge in [0.15, 0.2) is 0 Å². The van der Waals surface area contributed by atoms with Crippen molar-refractivity contribution in [3.05, 3.63) is 42.0 Å². The Morgan fingerprint density at radius 2 is 1.82 bits per heavy atom. The first-order valence-corrected chi connectivity index (χ1v) is 6.33. The van der Waals surface area contributed by atoms with Crippen LogP contribution in [0.2, 0.25) is 0 Å². The van der Waals surface area contributed by atoms with E-state index >= 15 is 0 Å². The van der Waals surface area contributed by atoms with Gasteiger partial charge in [-0.25, -0.2) is 0 Å². The van der Waals surface area contributed by atoms with Gasteiger partial charge in [-0.3, -0.25) is 0 Å². The Morgan fingerprint density at radius 3 is 2.59 bits per heavy atom. The smallest absolute Gasteiger partial charge is 0.0455 e. The SMILES string of the molecule is CC(C)(C)C1Cc2ccc3ccccc3c2N1. The van der Waals surface area contributed by atoms with Crippen molar-refractivity contribution < 1.29 is 0 Å². The van der Waals surface area contributed by atoms with Gasteiger partial charge in [-0.15, -0.1) is 0 Å². The highest BCUT2D eigenvalue weighted by Crippen LogP contribution is 2.38. The highest BCUT2D eigenvalue weighted by atomic mass is 15.0. The van der Waals surface area contributed by atoms with Crippen LogP contribution in [0.3, 0.4) is 0 Å². The number of rotatable bonds is 0. The summed E-state index contributed by atoms with van der Waals surface area (Å²) in [6, 6.07) is 13.7. The minimum atomic E-state index is 0.306. The topological polar surface area (TPSA) is 12.0 Å². The van der Waals surface area contributed by atoms with Crippen molar-refractivity contribution in [2.45, 2.75) is 33.2 Å². The molecule has 1 unspecified atom stereocenters. The Morgan fingerprint density at radius 1 is 1.06 bits per heavy atom. The van der Waals surface area contributed by atoms with Gasteiger partial charge in [-0.1, -0.05) is 57.2 Å². The van der Waals surface area contributed by atoms with Gasteiger partial charge < -0.3 is 5.32 Å². The molecule has 1 aliphatic heterocycles. The molecule has 0 aromatic heterocycles. The average molecular weight is 225 g/mol. The first-order chi connectivity index (χ1) is 8.05. The maximum Gasteiger partial charge on any atom is 0.0455 e. The molecule has 1 atom stereocenters. The maximum absolute atomic E-state index is 3.72. The molecule has 0 amide bonds. The average Bonchev–Trinajstić information content (AvgIpc) is 2.72. The zero-order valence-corrected chi connectivity index (χ0v) is 10.7. The molecule has 0 fully saturated rings. The molecule has 1 N–H and O–H groups in total. The van der Waals surface area contributed by atoms with Gasteiger partial charge in [0.25, 0.3) is 0 Å². The van der Waals surface area contributed by atoms with Crippen molar-refractivity contribution >= 4 is 16.5 Å². The Labute approximate surface area is 103 Å².